The lowest BCUT2D eigenvalue weighted by atomic mass is 10.0. The maximum absolute atomic E-state index is 13.2. The van der Waals surface area contributed by atoms with E-state index in [1.165, 1.54) is 18.2 Å². The van der Waals surface area contributed by atoms with E-state index in [9.17, 15) is 9.18 Å². The molecule has 0 fully saturated rings. The average molecular weight is 306 g/mol. The summed E-state index contributed by atoms with van der Waals surface area (Å²) in [5, 5.41) is 6.40. The molecule has 7 heteroatoms. The lowest BCUT2D eigenvalue weighted by Crippen LogP contribution is -2.42. The molecular weight excluding hydrogens is 291 g/mol. The van der Waals surface area contributed by atoms with Gasteiger partial charge in [-0.2, -0.15) is 0 Å². The fraction of sp³-hybridized carbons (Fsp3) is 0.333. The summed E-state index contributed by atoms with van der Waals surface area (Å²) in [7, 11) is 0. The normalized spacial score (nSPS) is 16.5. The SMILES string of the molecule is CCOc1cc(C(=O)N[C@@H]2COc3ccc(F)cc3C2)on1. The van der Waals surface area contributed by atoms with Crippen molar-refractivity contribution < 1.29 is 23.2 Å². The van der Waals surface area contributed by atoms with E-state index in [0.29, 0.717) is 25.4 Å². The van der Waals surface area contributed by atoms with Crippen LogP contribution in [0.3, 0.4) is 0 Å². The summed E-state index contributed by atoms with van der Waals surface area (Å²) >= 11 is 0. The fourth-order valence-corrected chi connectivity index (χ4v) is 2.29. The van der Waals surface area contributed by atoms with Gasteiger partial charge in [0.2, 0.25) is 5.76 Å². The molecule has 1 aliphatic rings. The molecule has 3 rings (SSSR count). The first kappa shape index (κ1) is 14.4. The highest BCUT2D eigenvalue weighted by atomic mass is 19.1. The maximum Gasteiger partial charge on any atom is 0.290 e. The number of nitrogens with one attached hydrogen (secondary N) is 1. The molecule has 0 unspecified atom stereocenters. The van der Waals surface area contributed by atoms with Crippen LogP contribution in [-0.2, 0) is 6.42 Å². The number of rotatable bonds is 4. The van der Waals surface area contributed by atoms with E-state index in [2.05, 4.69) is 10.5 Å². The molecule has 0 aliphatic carbocycles. The Morgan fingerprint density at radius 3 is 3.18 bits per heavy atom. The molecule has 1 N–H and O–H groups in total. The van der Waals surface area contributed by atoms with E-state index in [4.69, 9.17) is 14.0 Å². The predicted octanol–water partition coefficient (Wildman–Crippen LogP) is 1.95. The fourth-order valence-electron chi connectivity index (χ4n) is 2.29. The Labute approximate surface area is 126 Å². The molecule has 1 atom stereocenters. The highest BCUT2D eigenvalue weighted by Gasteiger charge is 2.24. The van der Waals surface area contributed by atoms with Crippen LogP contribution in [0.5, 0.6) is 11.6 Å². The number of nitrogens with zero attached hydrogens (tertiary/aromatic N) is 1. The molecule has 2 heterocycles. The van der Waals surface area contributed by atoms with Crippen molar-refractivity contribution in [2.75, 3.05) is 13.2 Å². The van der Waals surface area contributed by atoms with Gasteiger partial charge in [-0.05, 0) is 42.3 Å². The van der Waals surface area contributed by atoms with Crippen molar-refractivity contribution in [2.45, 2.75) is 19.4 Å². The summed E-state index contributed by atoms with van der Waals surface area (Å²) < 4.78 is 28.8. The number of halogens is 1. The van der Waals surface area contributed by atoms with Gasteiger partial charge in [-0.15, -0.1) is 0 Å². The third-order valence-corrected chi connectivity index (χ3v) is 3.27. The van der Waals surface area contributed by atoms with Crippen LogP contribution < -0.4 is 14.8 Å². The maximum atomic E-state index is 13.2. The van der Waals surface area contributed by atoms with Gasteiger partial charge in [0.1, 0.15) is 18.2 Å². The van der Waals surface area contributed by atoms with Crippen molar-refractivity contribution in [1.29, 1.82) is 0 Å². The Morgan fingerprint density at radius 2 is 2.36 bits per heavy atom. The molecule has 2 aromatic rings. The monoisotopic (exact) mass is 306 g/mol. The van der Waals surface area contributed by atoms with Crippen molar-refractivity contribution in [1.82, 2.24) is 10.5 Å². The molecule has 0 bridgehead atoms. The largest absolute Gasteiger partial charge is 0.491 e. The number of aromatic nitrogens is 1. The molecule has 1 aliphatic heterocycles. The van der Waals surface area contributed by atoms with Crippen LogP contribution in [0.25, 0.3) is 0 Å². The van der Waals surface area contributed by atoms with Crippen LogP contribution in [0.4, 0.5) is 4.39 Å². The highest BCUT2D eigenvalue weighted by Crippen LogP contribution is 2.25. The Balaban J connectivity index is 1.65. The molecule has 1 aromatic carbocycles. The number of hydrogen-bond donors (Lipinski definition) is 1. The third kappa shape index (κ3) is 3.03. The molecule has 1 aromatic heterocycles. The van der Waals surface area contributed by atoms with E-state index in [0.717, 1.165) is 5.56 Å². The van der Waals surface area contributed by atoms with Crippen molar-refractivity contribution >= 4 is 5.91 Å². The minimum Gasteiger partial charge on any atom is -0.491 e. The summed E-state index contributed by atoms with van der Waals surface area (Å²) in [6, 6.07) is 5.52. The second-order valence-electron chi connectivity index (χ2n) is 4.90. The number of ether oxygens (including phenoxy) is 2. The first-order valence-corrected chi connectivity index (χ1v) is 6.97. The predicted molar refractivity (Wildman–Crippen MR) is 74.5 cm³/mol. The number of carbonyl (C=O) groups is 1. The first-order valence-electron chi connectivity index (χ1n) is 6.97. The van der Waals surface area contributed by atoms with Gasteiger partial charge in [-0.3, -0.25) is 4.79 Å². The second-order valence-corrected chi connectivity index (χ2v) is 4.90. The van der Waals surface area contributed by atoms with Gasteiger partial charge < -0.3 is 19.3 Å². The van der Waals surface area contributed by atoms with Gasteiger partial charge in [-0.1, -0.05) is 0 Å². The lowest BCUT2D eigenvalue weighted by molar-refractivity contribution is 0.0877. The zero-order chi connectivity index (χ0) is 15.5. The zero-order valence-corrected chi connectivity index (χ0v) is 12.0. The molecule has 0 radical (unpaired) electrons. The lowest BCUT2D eigenvalue weighted by Gasteiger charge is -2.25. The van der Waals surface area contributed by atoms with E-state index < -0.39 is 5.91 Å². The van der Waals surface area contributed by atoms with Gasteiger partial charge in [0.15, 0.2) is 0 Å². The third-order valence-electron chi connectivity index (χ3n) is 3.27. The molecule has 6 nitrogen and oxygen atoms in total. The van der Waals surface area contributed by atoms with Crippen LogP contribution in [0.15, 0.2) is 28.8 Å². The topological polar surface area (TPSA) is 73.6 Å². The zero-order valence-electron chi connectivity index (χ0n) is 12.0. The smallest absolute Gasteiger partial charge is 0.290 e. The van der Waals surface area contributed by atoms with Gasteiger partial charge in [0.25, 0.3) is 11.8 Å². The standard InChI is InChI=1S/C15H15FN2O4/c1-2-20-14-7-13(22-18-14)15(19)17-11-6-9-5-10(16)3-4-12(9)21-8-11/h3-5,7,11H,2,6,8H2,1H3,(H,17,19)/t11-/m0/s1. The molecule has 116 valence electrons. The van der Waals surface area contributed by atoms with Crippen LogP contribution in [0, 0.1) is 5.82 Å². The van der Waals surface area contributed by atoms with Crippen molar-refractivity contribution in [2.24, 2.45) is 0 Å². The van der Waals surface area contributed by atoms with Gasteiger partial charge in [0.05, 0.1) is 18.7 Å². The minimum absolute atomic E-state index is 0.0634. The highest BCUT2D eigenvalue weighted by molar-refractivity contribution is 5.91. The summed E-state index contributed by atoms with van der Waals surface area (Å²) in [6.07, 6.45) is 0.491. The first-order chi connectivity index (χ1) is 10.7. The Kier molecular flexibility index (Phi) is 3.95. The van der Waals surface area contributed by atoms with Crippen molar-refractivity contribution in [3.05, 3.63) is 41.4 Å². The van der Waals surface area contributed by atoms with Gasteiger partial charge in [0, 0.05) is 0 Å². The summed E-state index contributed by atoms with van der Waals surface area (Å²) in [4.78, 5) is 12.1. The summed E-state index contributed by atoms with van der Waals surface area (Å²) in [5.41, 5.74) is 0.726. The van der Waals surface area contributed by atoms with E-state index in [-0.39, 0.29) is 23.5 Å². The molecule has 0 saturated carbocycles. The van der Waals surface area contributed by atoms with E-state index in [1.807, 2.05) is 6.92 Å². The van der Waals surface area contributed by atoms with Crippen LogP contribution >= 0.6 is 0 Å². The molecule has 22 heavy (non-hydrogen) atoms. The van der Waals surface area contributed by atoms with Gasteiger partial charge >= 0.3 is 0 Å². The van der Waals surface area contributed by atoms with Crippen molar-refractivity contribution in [3.8, 4) is 11.6 Å². The van der Waals surface area contributed by atoms with Gasteiger partial charge in [-0.25, -0.2) is 4.39 Å². The molecule has 0 spiro atoms. The Bertz CT molecular complexity index is 686. The van der Waals surface area contributed by atoms with Crippen LogP contribution in [0.2, 0.25) is 0 Å². The molecular formula is C15H15FN2O4. The molecule has 0 saturated heterocycles. The number of benzene rings is 1. The van der Waals surface area contributed by atoms with E-state index in [1.54, 1.807) is 6.07 Å². The Hall–Kier alpha value is -2.57. The molecule has 1 amide bonds. The number of fused-ring (bicyclic) bond motifs is 1. The summed E-state index contributed by atoms with van der Waals surface area (Å²) in [5.74, 6) is 0.233. The van der Waals surface area contributed by atoms with Crippen molar-refractivity contribution in [3.63, 3.8) is 0 Å². The minimum atomic E-state index is -0.410. The van der Waals surface area contributed by atoms with Crippen LogP contribution in [-0.4, -0.2) is 30.3 Å². The number of hydrogen-bond acceptors (Lipinski definition) is 5. The quantitative estimate of drug-likeness (QED) is 0.934. The Morgan fingerprint density at radius 1 is 1.50 bits per heavy atom. The van der Waals surface area contributed by atoms with E-state index >= 15 is 0 Å². The second kappa shape index (κ2) is 6.05. The number of amides is 1. The summed E-state index contributed by atoms with van der Waals surface area (Å²) in [6.45, 7) is 2.56. The van der Waals surface area contributed by atoms with Crippen LogP contribution in [0.1, 0.15) is 23.0 Å². The number of carbonyl (C=O) groups excluding carboxylic acids is 1. The average Bonchev–Trinajstić information content (AvgIpc) is 2.96.